The number of hydrogen-bond donors (Lipinski definition) is 1. The normalized spacial score (nSPS) is 19.3. The molecule has 1 N–H and O–H groups in total. The smallest absolute Gasteiger partial charge is 0.307 e. The lowest BCUT2D eigenvalue weighted by molar-refractivity contribution is -0.387. The lowest BCUT2D eigenvalue weighted by Gasteiger charge is -2.12. The lowest BCUT2D eigenvalue weighted by Crippen LogP contribution is -2.19. The van der Waals surface area contributed by atoms with Gasteiger partial charge in [0.25, 0.3) is 0 Å². The van der Waals surface area contributed by atoms with Gasteiger partial charge in [-0.3, -0.25) is 10.1 Å². The summed E-state index contributed by atoms with van der Waals surface area (Å²) in [6.45, 7) is 0.965. The summed E-state index contributed by atoms with van der Waals surface area (Å²) in [6, 6.07) is 1.27. The number of benzene rings is 1. The molecule has 2 rings (SSSR count). The maximum Gasteiger partial charge on any atom is 0.307 e. The van der Waals surface area contributed by atoms with Crippen molar-refractivity contribution in [2.24, 2.45) is 0 Å². The van der Waals surface area contributed by atoms with Crippen molar-refractivity contribution in [1.82, 2.24) is 0 Å². The van der Waals surface area contributed by atoms with E-state index in [4.69, 9.17) is 4.74 Å². The quantitative estimate of drug-likeness (QED) is 0.653. The van der Waals surface area contributed by atoms with Gasteiger partial charge in [-0.15, -0.1) is 0 Å². The van der Waals surface area contributed by atoms with Crippen molar-refractivity contribution in [3.8, 4) is 0 Å². The molecule has 1 aliphatic rings. The molecule has 0 saturated carbocycles. The van der Waals surface area contributed by atoms with Gasteiger partial charge in [-0.25, -0.2) is 4.39 Å². The molecule has 1 aliphatic heterocycles. The first-order chi connectivity index (χ1) is 8.08. The highest BCUT2D eigenvalue weighted by Gasteiger charge is 2.21. The third-order valence-corrected chi connectivity index (χ3v) is 2.52. The van der Waals surface area contributed by atoms with Gasteiger partial charge in [-0.1, -0.05) is 0 Å². The number of nitrogens with one attached hydrogen (secondary N) is 1. The van der Waals surface area contributed by atoms with Crippen molar-refractivity contribution in [2.75, 3.05) is 18.5 Å². The van der Waals surface area contributed by atoms with E-state index in [1.807, 2.05) is 0 Å². The maximum atomic E-state index is 13.4. The number of nitro benzene ring substituents is 1. The molecule has 0 aliphatic carbocycles. The van der Waals surface area contributed by atoms with E-state index >= 15 is 0 Å². The largest absolute Gasteiger partial charge is 0.379 e. The second-order valence-electron chi connectivity index (χ2n) is 3.75. The van der Waals surface area contributed by atoms with Crippen LogP contribution in [0.4, 0.5) is 20.2 Å². The predicted octanol–water partition coefficient (Wildman–Crippen LogP) is 2.07. The van der Waals surface area contributed by atoms with E-state index in [0.717, 1.165) is 6.07 Å². The minimum absolute atomic E-state index is 0.0754. The van der Waals surface area contributed by atoms with Gasteiger partial charge in [0.15, 0.2) is 0 Å². The molecular formula is C10H10F2N2O3. The third-order valence-electron chi connectivity index (χ3n) is 2.52. The van der Waals surface area contributed by atoms with Crippen molar-refractivity contribution in [3.05, 3.63) is 33.9 Å². The molecule has 0 amide bonds. The van der Waals surface area contributed by atoms with E-state index in [1.165, 1.54) is 0 Å². The van der Waals surface area contributed by atoms with Crippen molar-refractivity contribution in [1.29, 1.82) is 0 Å². The number of nitro groups is 1. The van der Waals surface area contributed by atoms with Gasteiger partial charge in [0.1, 0.15) is 5.82 Å². The number of ether oxygens (including phenoxy) is 1. The highest BCUT2D eigenvalue weighted by molar-refractivity contribution is 5.53. The molecular weight excluding hydrogens is 234 g/mol. The zero-order chi connectivity index (χ0) is 12.4. The summed E-state index contributed by atoms with van der Waals surface area (Å²) in [5.74, 6) is -2.03. The number of nitrogens with zero attached hydrogens (tertiary/aromatic N) is 1. The summed E-state index contributed by atoms with van der Waals surface area (Å²) >= 11 is 0. The molecule has 17 heavy (non-hydrogen) atoms. The van der Waals surface area contributed by atoms with Crippen LogP contribution in [-0.2, 0) is 4.74 Å². The van der Waals surface area contributed by atoms with Crippen LogP contribution in [-0.4, -0.2) is 24.2 Å². The SMILES string of the molecule is O=[N+]([O-])c1cc(NC2CCOC2)c(F)cc1F. The van der Waals surface area contributed by atoms with Gasteiger partial charge in [-0.2, -0.15) is 4.39 Å². The van der Waals surface area contributed by atoms with Crippen LogP contribution in [0.15, 0.2) is 12.1 Å². The number of halogens is 2. The van der Waals surface area contributed by atoms with Crippen LogP contribution in [0.3, 0.4) is 0 Å². The highest BCUT2D eigenvalue weighted by Crippen LogP contribution is 2.26. The first-order valence-electron chi connectivity index (χ1n) is 5.05. The fourth-order valence-corrected chi connectivity index (χ4v) is 1.66. The van der Waals surface area contributed by atoms with Gasteiger partial charge in [0.2, 0.25) is 5.82 Å². The molecule has 0 aromatic heterocycles. The second kappa shape index (κ2) is 4.62. The molecule has 1 saturated heterocycles. The molecule has 7 heteroatoms. The average Bonchev–Trinajstić information content (AvgIpc) is 2.74. The molecule has 1 fully saturated rings. The molecule has 0 spiro atoms. The number of hydrogen-bond acceptors (Lipinski definition) is 4. The summed E-state index contributed by atoms with van der Waals surface area (Å²) in [7, 11) is 0. The zero-order valence-electron chi connectivity index (χ0n) is 8.78. The van der Waals surface area contributed by atoms with Crippen LogP contribution >= 0.6 is 0 Å². The Kier molecular flexibility index (Phi) is 3.19. The second-order valence-corrected chi connectivity index (χ2v) is 3.75. The Bertz CT molecular complexity index is 447. The third kappa shape index (κ3) is 2.50. The number of rotatable bonds is 3. The van der Waals surface area contributed by atoms with Gasteiger partial charge >= 0.3 is 5.69 Å². The summed E-state index contributed by atoms with van der Waals surface area (Å²) in [6.07, 6.45) is 0.685. The summed E-state index contributed by atoms with van der Waals surface area (Å²) in [4.78, 5) is 9.63. The molecule has 0 bridgehead atoms. The summed E-state index contributed by atoms with van der Waals surface area (Å²) in [5, 5.41) is 13.3. The van der Waals surface area contributed by atoms with E-state index in [1.54, 1.807) is 0 Å². The zero-order valence-corrected chi connectivity index (χ0v) is 8.78. The Hall–Kier alpha value is -1.76. The average molecular weight is 244 g/mol. The Morgan fingerprint density at radius 3 is 2.76 bits per heavy atom. The number of anilines is 1. The molecule has 0 radical (unpaired) electrons. The van der Waals surface area contributed by atoms with E-state index in [2.05, 4.69) is 5.32 Å². The first kappa shape index (κ1) is 11.7. The standard InChI is InChI=1S/C10H10F2N2O3/c11-7-3-8(12)10(14(15)16)4-9(7)13-6-1-2-17-5-6/h3-4,6,13H,1-2,5H2. The maximum absolute atomic E-state index is 13.4. The fraction of sp³-hybridized carbons (Fsp3) is 0.400. The highest BCUT2D eigenvalue weighted by atomic mass is 19.1. The molecule has 5 nitrogen and oxygen atoms in total. The van der Waals surface area contributed by atoms with Crippen molar-refractivity contribution in [2.45, 2.75) is 12.5 Å². The van der Waals surface area contributed by atoms with Crippen LogP contribution in [0.25, 0.3) is 0 Å². The van der Waals surface area contributed by atoms with Crippen LogP contribution in [0.1, 0.15) is 6.42 Å². The summed E-state index contributed by atoms with van der Waals surface area (Å²) in [5.41, 5.74) is -0.818. The Balaban J connectivity index is 2.26. The molecule has 1 heterocycles. The van der Waals surface area contributed by atoms with Crippen molar-refractivity contribution < 1.29 is 18.4 Å². The predicted molar refractivity (Wildman–Crippen MR) is 55.9 cm³/mol. The first-order valence-corrected chi connectivity index (χ1v) is 5.05. The molecule has 92 valence electrons. The minimum atomic E-state index is -1.18. The Morgan fingerprint density at radius 1 is 1.41 bits per heavy atom. The van der Waals surface area contributed by atoms with Crippen LogP contribution in [0, 0.1) is 21.7 Å². The summed E-state index contributed by atoms with van der Waals surface area (Å²) < 4.78 is 31.5. The van der Waals surface area contributed by atoms with Gasteiger partial charge < -0.3 is 10.1 Å². The van der Waals surface area contributed by atoms with Gasteiger partial charge in [-0.05, 0) is 6.42 Å². The van der Waals surface area contributed by atoms with E-state index in [0.29, 0.717) is 25.7 Å². The topological polar surface area (TPSA) is 64.4 Å². The van der Waals surface area contributed by atoms with Crippen molar-refractivity contribution in [3.63, 3.8) is 0 Å². The Labute approximate surface area is 95.5 Å². The van der Waals surface area contributed by atoms with Gasteiger partial charge in [0.05, 0.1) is 23.3 Å². The molecule has 1 aromatic carbocycles. The van der Waals surface area contributed by atoms with Crippen LogP contribution in [0.5, 0.6) is 0 Å². The van der Waals surface area contributed by atoms with E-state index in [-0.39, 0.29) is 11.7 Å². The fourth-order valence-electron chi connectivity index (χ4n) is 1.66. The van der Waals surface area contributed by atoms with Crippen LogP contribution in [0.2, 0.25) is 0 Å². The minimum Gasteiger partial charge on any atom is -0.379 e. The lowest BCUT2D eigenvalue weighted by atomic mass is 10.2. The molecule has 1 atom stereocenters. The Morgan fingerprint density at radius 2 is 2.18 bits per heavy atom. The van der Waals surface area contributed by atoms with Gasteiger partial charge in [0, 0.05) is 18.7 Å². The molecule has 1 aromatic rings. The molecule has 1 unspecified atom stereocenters. The van der Waals surface area contributed by atoms with E-state index in [9.17, 15) is 18.9 Å². The monoisotopic (exact) mass is 244 g/mol. The van der Waals surface area contributed by atoms with Crippen molar-refractivity contribution >= 4 is 11.4 Å². The van der Waals surface area contributed by atoms with Crippen LogP contribution < -0.4 is 5.32 Å². The van der Waals surface area contributed by atoms with E-state index < -0.39 is 22.2 Å².